The van der Waals surface area contributed by atoms with Crippen molar-refractivity contribution in [2.24, 2.45) is 0 Å². The average molecular weight is 285 g/mol. The summed E-state index contributed by atoms with van der Waals surface area (Å²) >= 11 is 0. The molecule has 0 aliphatic heterocycles. The summed E-state index contributed by atoms with van der Waals surface area (Å²) < 4.78 is 5.81. The van der Waals surface area contributed by atoms with Gasteiger partial charge in [0.25, 0.3) is 0 Å². The Bertz CT molecular complexity index is 543. The lowest BCUT2D eigenvalue weighted by Gasteiger charge is -2.10. The van der Waals surface area contributed by atoms with Gasteiger partial charge in [0.1, 0.15) is 5.75 Å². The van der Waals surface area contributed by atoms with Crippen LogP contribution in [0.2, 0.25) is 0 Å². The smallest absolute Gasteiger partial charge is 0.219 e. The second kappa shape index (κ2) is 8.37. The normalized spacial score (nSPS) is 10.6. The molecule has 0 aliphatic rings. The first-order valence-electron chi connectivity index (χ1n) is 7.60. The fourth-order valence-corrected chi connectivity index (χ4v) is 2.10. The van der Waals surface area contributed by atoms with E-state index in [-0.39, 0.29) is 0 Å². The van der Waals surface area contributed by atoms with Crippen molar-refractivity contribution in [1.29, 1.82) is 0 Å². The number of nitrogens with one attached hydrogen (secondary N) is 1. The van der Waals surface area contributed by atoms with E-state index in [1.165, 1.54) is 5.56 Å². The Hall–Kier alpha value is -1.94. The van der Waals surface area contributed by atoms with Gasteiger partial charge in [0, 0.05) is 24.5 Å². The predicted molar refractivity (Wildman–Crippen MR) is 84.5 cm³/mol. The van der Waals surface area contributed by atoms with Crippen molar-refractivity contribution in [3.8, 4) is 11.6 Å². The van der Waals surface area contributed by atoms with Crippen LogP contribution >= 0.6 is 0 Å². The monoisotopic (exact) mass is 285 g/mol. The molecule has 0 aromatic carbocycles. The molecule has 0 amide bonds. The van der Waals surface area contributed by atoms with Gasteiger partial charge < -0.3 is 10.1 Å². The van der Waals surface area contributed by atoms with E-state index in [0.717, 1.165) is 38.0 Å². The summed E-state index contributed by atoms with van der Waals surface area (Å²) in [6, 6.07) is 7.89. The number of hydrogen-bond donors (Lipinski definition) is 1. The van der Waals surface area contributed by atoms with Crippen LogP contribution in [0.25, 0.3) is 0 Å². The van der Waals surface area contributed by atoms with Crippen LogP contribution in [0.4, 0.5) is 0 Å². The molecule has 4 heteroatoms. The zero-order chi connectivity index (χ0) is 14.9. The van der Waals surface area contributed by atoms with Gasteiger partial charge in [0.2, 0.25) is 5.88 Å². The third-order valence-electron chi connectivity index (χ3n) is 3.03. The maximum absolute atomic E-state index is 5.81. The second-order valence-corrected chi connectivity index (χ2v) is 5.02. The highest BCUT2D eigenvalue weighted by atomic mass is 16.5. The minimum atomic E-state index is 0.641. The van der Waals surface area contributed by atoms with E-state index in [1.807, 2.05) is 18.2 Å². The first-order chi connectivity index (χ1) is 10.3. The van der Waals surface area contributed by atoms with E-state index in [0.29, 0.717) is 11.6 Å². The second-order valence-electron chi connectivity index (χ2n) is 5.02. The van der Waals surface area contributed by atoms with Crippen LogP contribution in [0.1, 0.15) is 37.9 Å². The molecule has 2 aromatic heterocycles. The molecule has 21 heavy (non-hydrogen) atoms. The Balaban J connectivity index is 2.14. The zero-order valence-corrected chi connectivity index (χ0v) is 12.8. The third kappa shape index (κ3) is 5.16. The number of hydrogen-bond acceptors (Lipinski definition) is 4. The molecule has 0 aliphatic carbocycles. The van der Waals surface area contributed by atoms with Gasteiger partial charge in [-0.15, -0.1) is 0 Å². The number of aryl methyl sites for hydroxylation is 1. The lowest BCUT2D eigenvalue weighted by molar-refractivity contribution is 0.457. The van der Waals surface area contributed by atoms with E-state index in [4.69, 9.17) is 4.74 Å². The van der Waals surface area contributed by atoms with Gasteiger partial charge in [-0.1, -0.05) is 20.3 Å². The predicted octanol–water partition coefficient (Wildman–Crippen LogP) is 3.72. The van der Waals surface area contributed by atoms with Gasteiger partial charge >= 0.3 is 0 Å². The van der Waals surface area contributed by atoms with Crippen LogP contribution in [0, 0.1) is 0 Å². The molecular weight excluding hydrogens is 262 g/mol. The van der Waals surface area contributed by atoms with Crippen molar-refractivity contribution in [1.82, 2.24) is 15.3 Å². The Morgan fingerprint density at radius 1 is 1.19 bits per heavy atom. The minimum absolute atomic E-state index is 0.641. The molecule has 0 spiro atoms. The van der Waals surface area contributed by atoms with E-state index >= 15 is 0 Å². The molecule has 0 fully saturated rings. The Morgan fingerprint density at radius 2 is 2.10 bits per heavy atom. The molecule has 0 bridgehead atoms. The highest BCUT2D eigenvalue weighted by molar-refractivity contribution is 5.29. The van der Waals surface area contributed by atoms with Gasteiger partial charge in [0.05, 0.1) is 6.20 Å². The van der Waals surface area contributed by atoms with Gasteiger partial charge in [-0.05, 0) is 43.1 Å². The molecule has 2 aromatic rings. The third-order valence-corrected chi connectivity index (χ3v) is 3.03. The standard InChI is InChI=1S/C17H23N3O/c1-3-6-15-10-14(12-18-8-4-2)11-17(20-15)21-16-7-5-9-19-13-16/h5,7,9-11,13,18H,3-4,6,8,12H2,1-2H3. The topological polar surface area (TPSA) is 47.0 Å². The van der Waals surface area contributed by atoms with Crippen molar-refractivity contribution >= 4 is 0 Å². The number of pyridine rings is 2. The highest BCUT2D eigenvalue weighted by Crippen LogP contribution is 2.20. The average Bonchev–Trinajstić information content (AvgIpc) is 2.49. The molecule has 0 saturated heterocycles. The van der Waals surface area contributed by atoms with Crippen LogP contribution in [-0.2, 0) is 13.0 Å². The fraction of sp³-hybridized carbons (Fsp3) is 0.412. The molecule has 0 unspecified atom stereocenters. The first-order valence-corrected chi connectivity index (χ1v) is 7.60. The molecule has 0 atom stereocenters. The lowest BCUT2D eigenvalue weighted by atomic mass is 10.1. The molecule has 1 N–H and O–H groups in total. The van der Waals surface area contributed by atoms with Gasteiger partial charge in [0.15, 0.2) is 0 Å². The summed E-state index contributed by atoms with van der Waals surface area (Å²) in [4.78, 5) is 8.63. The summed E-state index contributed by atoms with van der Waals surface area (Å²) in [6.45, 7) is 6.19. The van der Waals surface area contributed by atoms with Gasteiger partial charge in [-0.25, -0.2) is 4.98 Å². The Kier molecular flexibility index (Phi) is 6.16. The van der Waals surface area contributed by atoms with Gasteiger partial charge in [-0.2, -0.15) is 0 Å². The first kappa shape index (κ1) is 15.4. The Labute approximate surface area is 126 Å². The molecule has 4 nitrogen and oxygen atoms in total. The van der Waals surface area contributed by atoms with E-state index in [9.17, 15) is 0 Å². The number of ether oxygens (including phenoxy) is 1. The maximum Gasteiger partial charge on any atom is 0.219 e. The van der Waals surface area contributed by atoms with Crippen molar-refractivity contribution in [2.75, 3.05) is 6.54 Å². The van der Waals surface area contributed by atoms with Crippen LogP contribution in [0.5, 0.6) is 11.6 Å². The lowest BCUT2D eigenvalue weighted by Crippen LogP contribution is -2.14. The molecule has 2 rings (SSSR count). The Morgan fingerprint density at radius 3 is 2.81 bits per heavy atom. The quantitative estimate of drug-likeness (QED) is 0.751. The van der Waals surface area contributed by atoms with E-state index in [1.54, 1.807) is 12.4 Å². The maximum atomic E-state index is 5.81. The summed E-state index contributed by atoms with van der Waals surface area (Å²) in [5, 5.41) is 3.42. The summed E-state index contributed by atoms with van der Waals surface area (Å²) in [7, 11) is 0. The van der Waals surface area contributed by atoms with Crippen molar-refractivity contribution < 1.29 is 4.74 Å². The highest BCUT2D eigenvalue weighted by Gasteiger charge is 2.05. The summed E-state index contributed by atoms with van der Waals surface area (Å²) in [5.41, 5.74) is 2.29. The number of nitrogens with zero attached hydrogens (tertiary/aromatic N) is 2. The van der Waals surface area contributed by atoms with Crippen molar-refractivity contribution in [2.45, 2.75) is 39.7 Å². The molecule has 0 saturated carbocycles. The molecule has 0 radical (unpaired) electrons. The van der Waals surface area contributed by atoms with Crippen LogP contribution < -0.4 is 10.1 Å². The molecule has 2 heterocycles. The fourth-order valence-electron chi connectivity index (χ4n) is 2.10. The summed E-state index contributed by atoms with van der Waals surface area (Å²) in [6.07, 6.45) is 6.60. The minimum Gasteiger partial charge on any atom is -0.437 e. The molecular formula is C17H23N3O. The van der Waals surface area contributed by atoms with Crippen molar-refractivity contribution in [3.05, 3.63) is 47.9 Å². The number of rotatable bonds is 8. The van der Waals surface area contributed by atoms with Gasteiger partial charge in [-0.3, -0.25) is 4.98 Å². The van der Waals surface area contributed by atoms with Crippen LogP contribution in [0.15, 0.2) is 36.7 Å². The SMILES string of the molecule is CCCNCc1cc(CCC)nc(Oc2cccnc2)c1. The van der Waals surface area contributed by atoms with E-state index < -0.39 is 0 Å². The van der Waals surface area contributed by atoms with E-state index in [2.05, 4.69) is 35.2 Å². The van der Waals surface area contributed by atoms with Crippen LogP contribution in [-0.4, -0.2) is 16.5 Å². The summed E-state index contributed by atoms with van der Waals surface area (Å²) in [5.74, 6) is 1.35. The van der Waals surface area contributed by atoms with Crippen molar-refractivity contribution in [3.63, 3.8) is 0 Å². The zero-order valence-electron chi connectivity index (χ0n) is 12.8. The molecule has 112 valence electrons. The largest absolute Gasteiger partial charge is 0.437 e. The van der Waals surface area contributed by atoms with Crippen LogP contribution in [0.3, 0.4) is 0 Å². The number of aromatic nitrogens is 2.